The summed E-state index contributed by atoms with van der Waals surface area (Å²) in [6.45, 7) is 10.2. The molecular formula is C25H32N2O7S2. The minimum Gasteiger partial charge on any atom is -0.462 e. The lowest BCUT2D eigenvalue weighted by Crippen LogP contribution is -2.42. The highest BCUT2D eigenvalue weighted by Gasteiger charge is 2.32. The quantitative estimate of drug-likeness (QED) is 0.499. The summed E-state index contributed by atoms with van der Waals surface area (Å²) in [7, 11) is -3.68. The molecule has 0 spiro atoms. The number of thiophene rings is 1. The lowest BCUT2D eigenvalue weighted by Gasteiger charge is -2.34. The van der Waals surface area contributed by atoms with Crippen molar-refractivity contribution < 1.29 is 32.3 Å². The first-order chi connectivity index (χ1) is 17.0. The zero-order valence-electron chi connectivity index (χ0n) is 21.1. The highest BCUT2D eigenvalue weighted by atomic mass is 32.2. The molecule has 0 aliphatic carbocycles. The van der Waals surface area contributed by atoms with Crippen LogP contribution in [0.5, 0.6) is 0 Å². The molecule has 1 aliphatic heterocycles. The van der Waals surface area contributed by atoms with Gasteiger partial charge in [0.05, 0.1) is 23.7 Å². The number of anilines is 1. The van der Waals surface area contributed by atoms with Crippen molar-refractivity contribution in [2.45, 2.75) is 45.9 Å². The number of carbonyl (C=O) groups excluding carboxylic acids is 3. The van der Waals surface area contributed by atoms with E-state index in [1.165, 1.54) is 28.6 Å². The molecule has 0 bridgehead atoms. The Morgan fingerprint density at radius 3 is 2.11 bits per heavy atom. The summed E-state index contributed by atoms with van der Waals surface area (Å²) in [4.78, 5) is 38.2. The number of carbonyl (C=O) groups is 3. The van der Waals surface area contributed by atoms with Crippen LogP contribution in [0.2, 0.25) is 0 Å². The van der Waals surface area contributed by atoms with Gasteiger partial charge in [-0.15, -0.1) is 11.3 Å². The number of ether oxygens (including phenoxy) is 2. The van der Waals surface area contributed by atoms with E-state index in [0.717, 1.165) is 17.8 Å². The molecule has 1 N–H and O–H groups in total. The topological polar surface area (TPSA) is 119 Å². The Morgan fingerprint density at radius 1 is 1.00 bits per heavy atom. The Kier molecular flexibility index (Phi) is 8.91. The van der Waals surface area contributed by atoms with Gasteiger partial charge in [-0.3, -0.25) is 4.79 Å². The lowest BCUT2D eigenvalue weighted by atomic mass is 9.94. The van der Waals surface area contributed by atoms with Crippen molar-refractivity contribution in [1.29, 1.82) is 0 Å². The first-order valence-electron chi connectivity index (χ1n) is 11.9. The largest absolute Gasteiger partial charge is 0.462 e. The van der Waals surface area contributed by atoms with E-state index in [9.17, 15) is 22.8 Å². The normalized spacial score (nSPS) is 18.5. The van der Waals surface area contributed by atoms with Crippen molar-refractivity contribution in [3.8, 4) is 0 Å². The highest BCUT2D eigenvalue weighted by Crippen LogP contribution is 2.35. The number of nitrogens with zero attached hydrogens (tertiary/aromatic N) is 1. The third kappa shape index (κ3) is 5.96. The fourth-order valence-electron chi connectivity index (χ4n) is 4.35. The number of esters is 2. The number of amides is 1. The molecule has 0 radical (unpaired) electrons. The summed E-state index contributed by atoms with van der Waals surface area (Å²) in [5.74, 6) is -1.27. The zero-order valence-corrected chi connectivity index (χ0v) is 22.8. The maximum absolute atomic E-state index is 13.1. The number of benzene rings is 1. The van der Waals surface area contributed by atoms with E-state index in [1.54, 1.807) is 20.8 Å². The Morgan fingerprint density at radius 2 is 1.56 bits per heavy atom. The second kappa shape index (κ2) is 11.5. The van der Waals surface area contributed by atoms with Gasteiger partial charge in [0.2, 0.25) is 10.0 Å². The SMILES string of the molecule is CCOC(=O)c1sc(NC(=O)c2ccc(S(=O)(=O)N3C[C@H](C)C[C@H](C)C3)cc2)c(C(=O)OCC)c1C. The molecule has 0 saturated carbocycles. The lowest BCUT2D eigenvalue weighted by molar-refractivity contribution is 0.0527. The van der Waals surface area contributed by atoms with Crippen LogP contribution in [-0.4, -0.2) is 56.9 Å². The highest BCUT2D eigenvalue weighted by molar-refractivity contribution is 7.89. The minimum absolute atomic E-state index is 0.0887. The molecule has 2 aromatic rings. The predicted molar refractivity (Wildman–Crippen MR) is 137 cm³/mol. The smallest absolute Gasteiger partial charge is 0.348 e. The van der Waals surface area contributed by atoms with Crippen LogP contribution >= 0.6 is 11.3 Å². The van der Waals surface area contributed by atoms with Crippen molar-refractivity contribution in [3.05, 3.63) is 45.8 Å². The number of nitrogens with one attached hydrogen (secondary N) is 1. The summed E-state index contributed by atoms with van der Waals surface area (Å²) in [5, 5.41) is 2.83. The van der Waals surface area contributed by atoms with Crippen molar-refractivity contribution in [3.63, 3.8) is 0 Å². The van der Waals surface area contributed by atoms with Gasteiger partial charge in [0.25, 0.3) is 5.91 Å². The first kappa shape index (κ1) is 27.8. The number of rotatable bonds is 8. The molecule has 196 valence electrons. The van der Waals surface area contributed by atoms with Gasteiger partial charge >= 0.3 is 11.9 Å². The third-order valence-corrected chi connectivity index (χ3v) is 8.94. The molecule has 1 fully saturated rings. The summed E-state index contributed by atoms with van der Waals surface area (Å²) in [6.07, 6.45) is 0.985. The average molecular weight is 537 g/mol. The Hall–Kier alpha value is -2.76. The van der Waals surface area contributed by atoms with Crippen LogP contribution in [0.3, 0.4) is 0 Å². The fraction of sp³-hybridized carbons (Fsp3) is 0.480. The molecule has 2 atom stereocenters. The van der Waals surface area contributed by atoms with Gasteiger partial charge in [-0.05, 0) is 68.9 Å². The monoisotopic (exact) mass is 536 g/mol. The zero-order chi connectivity index (χ0) is 26.6. The molecule has 1 amide bonds. The van der Waals surface area contributed by atoms with Crippen LogP contribution in [0.15, 0.2) is 29.2 Å². The molecule has 0 unspecified atom stereocenters. The maximum atomic E-state index is 13.1. The molecule has 36 heavy (non-hydrogen) atoms. The van der Waals surface area contributed by atoms with Gasteiger partial charge in [0.1, 0.15) is 9.88 Å². The predicted octanol–water partition coefficient (Wildman–Crippen LogP) is 4.33. The van der Waals surface area contributed by atoms with Gasteiger partial charge in [-0.2, -0.15) is 4.31 Å². The molecular weight excluding hydrogens is 504 g/mol. The van der Waals surface area contributed by atoms with Crippen LogP contribution in [-0.2, 0) is 19.5 Å². The van der Waals surface area contributed by atoms with Crippen molar-refractivity contribution in [2.75, 3.05) is 31.6 Å². The van der Waals surface area contributed by atoms with E-state index in [2.05, 4.69) is 5.32 Å². The van der Waals surface area contributed by atoms with E-state index in [1.807, 2.05) is 13.8 Å². The van der Waals surface area contributed by atoms with Crippen LogP contribution in [0, 0.1) is 18.8 Å². The van der Waals surface area contributed by atoms with Crippen molar-refractivity contribution in [2.24, 2.45) is 11.8 Å². The summed E-state index contributed by atoms with van der Waals surface area (Å²) in [5.41, 5.74) is 0.650. The first-order valence-corrected chi connectivity index (χ1v) is 14.1. The van der Waals surface area contributed by atoms with Gasteiger partial charge < -0.3 is 14.8 Å². The van der Waals surface area contributed by atoms with Crippen LogP contribution in [0.25, 0.3) is 0 Å². The van der Waals surface area contributed by atoms with E-state index in [4.69, 9.17) is 9.47 Å². The van der Waals surface area contributed by atoms with Gasteiger partial charge in [0, 0.05) is 18.7 Å². The van der Waals surface area contributed by atoms with Crippen molar-refractivity contribution >= 4 is 44.2 Å². The van der Waals surface area contributed by atoms with E-state index >= 15 is 0 Å². The number of hydrogen-bond donors (Lipinski definition) is 1. The van der Waals surface area contributed by atoms with Crippen LogP contribution in [0.4, 0.5) is 5.00 Å². The fourth-order valence-corrected chi connectivity index (χ4v) is 7.11. The maximum Gasteiger partial charge on any atom is 0.348 e. The minimum atomic E-state index is -3.68. The second-order valence-electron chi connectivity index (χ2n) is 8.95. The molecule has 1 aromatic heterocycles. The van der Waals surface area contributed by atoms with E-state index in [-0.39, 0.29) is 51.0 Å². The van der Waals surface area contributed by atoms with Gasteiger partial charge in [-0.1, -0.05) is 13.8 Å². The summed E-state index contributed by atoms with van der Waals surface area (Å²) in [6, 6.07) is 5.67. The van der Waals surface area contributed by atoms with E-state index in [0.29, 0.717) is 18.7 Å². The standard InChI is InChI=1S/C25H32N2O7S2/c1-6-33-24(29)20-17(5)21(25(30)34-7-2)35-23(20)26-22(28)18-8-10-19(11-9-18)36(31,32)27-13-15(3)12-16(4)14-27/h8-11,15-16H,6-7,12-14H2,1-5H3,(H,26,28)/t15-,16+. The molecule has 1 saturated heterocycles. The number of hydrogen-bond acceptors (Lipinski definition) is 8. The summed E-state index contributed by atoms with van der Waals surface area (Å²) >= 11 is 0.928. The van der Waals surface area contributed by atoms with Gasteiger partial charge in [-0.25, -0.2) is 18.0 Å². The molecule has 3 rings (SSSR count). The number of piperidine rings is 1. The molecule has 1 aromatic carbocycles. The third-order valence-electron chi connectivity index (χ3n) is 5.90. The Balaban J connectivity index is 1.85. The van der Waals surface area contributed by atoms with Crippen LogP contribution < -0.4 is 5.32 Å². The Labute approximate surface area is 215 Å². The molecule has 9 nitrogen and oxygen atoms in total. The molecule has 1 aliphatic rings. The Bertz CT molecular complexity index is 1230. The molecule has 2 heterocycles. The van der Waals surface area contributed by atoms with Crippen LogP contribution in [0.1, 0.15) is 70.1 Å². The second-order valence-corrected chi connectivity index (χ2v) is 11.9. The molecule has 11 heteroatoms. The van der Waals surface area contributed by atoms with E-state index < -0.39 is 27.9 Å². The number of sulfonamides is 1. The summed E-state index contributed by atoms with van der Waals surface area (Å²) < 4.78 is 37.9. The van der Waals surface area contributed by atoms with Gasteiger partial charge in [0.15, 0.2) is 0 Å². The van der Waals surface area contributed by atoms with Crippen molar-refractivity contribution in [1.82, 2.24) is 4.31 Å². The average Bonchev–Trinajstić information content (AvgIpc) is 3.14.